The van der Waals surface area contributed by atoms with Crippen LogP contribution in [0.4, 0.5) is 0 Å². The topological polar surface area (TPSA) is 0 Å². The molecule has 0 aromatic rings. The maximum absolute atomic E-state index is 2.21. The monoisotopic (exact) mass is 386 g/mol. The fraction of sp³-hybridized carbons (Fsp3) is 1.00. The average Bonchev–Trinajstić information content (AvgIpc) is 1.27. The van der Waals surface area contributed by atoms with Gasteiger partial charge in [0.1, 0.15) is 0 Å². The third-order valence-electron chi connectivity index (χ3n) is 0. The summed E-state index contributed by atoms with van der Waals surface area (Å²) in [7, 11) is 10.1. The van der Waals surface area contributed by atoms with Gasteiger partial charge in [0, 0.05) is 0 Å². The molecule has 0 heterocycles. The van der Waals surface area contributed by atoms with Crippen molar-refractivity contribution >= 4 is 41.0 Å². The average molecular weight is 387 g/mol. The first kappa shape index (κ1) is 12.6. The van der Waals surface area contributed by atoms with Crippen LogP contribution < -0.4 is 0 Å². The Morgan fingerprint density at radius 1 is 1.00 bits per heavy atom. The Bertz CT molecular complexity index is 37.8. The molecule has 4 heteroatoms. The number of quaternary nitrogens is 1. The predicted molar refractivity (Wildman–Crippen MR) is 52.0 cm³/mol. The summed E-state index contributed by atoms with van der Waals surface area (Å²) < 4.78 is 1.00. The summed E-state index contributed by atoms with van der Waals surface area (Å²) in [6, 6.07) is 0. The van der Waals surface area contributed by atoms with E-state index in [-0.39, 0.29) is 0 Å². The molecular formula is C4H12I2NNi+. The summed E-state index contributed by atoms with van der Waals surface area (Å²) in [5.41, 5.74) is 0. The minimum absolute atomic E-state index is 1.00. The molecule has 0 saturated heterocycles. The Hall–Kier alpha value is 1.91. The van der Waals surface area contributed by atoms with Gasteiger partial charge in [0.25, 0.3) is 0 Å². The second-order valence-electron chi connectivity index (χ2n) is 2.73. The van der Waals surface area contributed by atoms with Gasteiger partial charge in [-0.05, 0) is 0 Å². The molecular weight excluding hydrogens is 375 g/mol. The number of hydrogen-bond acceptors (Lipinski definition) is 0. The molecule has 0 aliphatic heterocycles. The van der Waals surface area contributed by atoms with E-state index in [2.05, 4.69) is 69.2 Å². The first-order chi connectivity index (χ1) is 3.41. The van der Waals surface area contributed by atoms with Crippen molar-refractivity contribution in [1.82, 2.24) is 0 Å². The first-order valence-electron chi connectivity index (χ1n) is 2.03. The molecule has 0 aromatic carbocycles. The van der Waals surface area contributed by atoms with Gasteiger partial charge >= 0.3 is 49.0 Å². The van der Waals surface area contributed by atoms with Gasteiger partial charge < -0.3 is 4.48 Å². The van der Waals surface area contributed by atoms with Crippen molar-refractivity contribution in [3.8, 4) is 0 Å². The van der Waals surface area contributed by atoms with E-state index in [9.17, 15) is 0 Å². The van der Waals surface area contributed by atoms with Crippen molar-refractivity contribution in [2.45, 2.75) is 0 Å². The van der Waals surface area contributed by atoms with Crippen LogP contribution in [0, 0.1) is 0 Å². The summed E-state index contributed by atoms with van der Waals surface area (Å²) >= 11 is 4.43. The second-order valence-corrected chi connectivity index (χ2v) is 11.1. The standard InChI is InChI=1S/C4H12N.2HI.Ni/c1-5(2,3)4;;;/h1-4H3;2*1H;/q+1;;;+2/p-2. The molecule has 0 aliphatic rings. The minimum atomic E-state index is 1.00. The Balaban J connectivity index is 0. The van der Waals surface area contributed by atoms with E-state index in [1.165, 1.54) is 0 Å². The third kappa shape index (κ3) is 103. The van der Waals surface area contributed by atoms with Crippen LogP contribution in [0.25, 0.3) is 0 Å². The van der Waals surface area contributed by atoms with E-state index >= 15 is 0 Å². The molecule has 0 saturated carbocycles. The van der Waals surface area contributed by atoms with Crippen LogP contribution >= 0.6 is 41.0 Å². The van der Waals surface area contributed by atoms with Gasteiger partial charge in [0.15, 0.2) is 0 Å². The van der Waals surface area contributed by atoms with Crippen molar-refractivity contribution in [3.05, 3.63) is 0 Å². The fourth-order valence-corrected chi connectivity index (χ4v) is 0. The molecule has 0 spiro atoms. The van der Waals surface area contributed by atoms with Crippen LogP contribution in [0.15, 0.2) is 0 Å². The number of hydrogen-bond donors (Lipinski definition) is 0. The van der Waals surface area contributed by atoms with Gasteiger partial charge in [-0.2, -0.15) is 0 Å². The second kappa shape index (κ2) is 7.03. The Labute approximate surface area is 80.7 Å². The molecule has 8 heavy (non-hydrogen) atoms. The molecule has 1 nitrogen and oxygen atoms in total. The summed E-state index contributed by atoms with van der Waals surface area (Å²) in [5.74, 6) is 0. The van der Waals surface area contributed by atoms with Crippen LogP contribution in [0.3, 0.4) is 0 Å². The van der Waals surface area contributed by atoms with E-state index in [0.29, 0.717) is 0 Å². The molecule has 0 aliphatic carbocycles. The molecule has 0 amide bonds. The van der Waals surface area contributed by atoms with Crippen molar-refractivity contribution in [2.24, 2.45) is 0 Å². The summed E-state index contributed by atoms with van der Waals surface area (Å²) in [6.07, 6.45) is 0. The molecule has 0 bridgehead atoms. The number of halogens is 2. The van der Waals surface area contributed by atoms with E-state index in [1.54, 1.807) is 8.07 Å². The maximum atomic E-state index is 2.21. The molecule has 0 fully saturated rings. The summed E-state index contributed by atoms with van der Waals surface area (Å²) in [5, 5.41) is 0. The van der Waals surface area contributed by atoms with Crippen LogP contribution in [-0.2, 0) is 8.07 Å². The summed E-state index contributed by atoms with van der Waals surface area (Å²) in [6.45, 7) is 0. The van der Waals surface area contributed by atoms with Gasteiger partial charge in [-0.15, -0.1) is 0 Å². The van der Waals surface area contributed by atoms with E-state index in [4.69, 9.17) is 0 Å². The van der Waals surface area contributed by atoms with Crippen LogP contribution in [0.5, 0.6) is 0 Å². The number of nitrogens with zero attached hydrogens (tertiary/aromatic N) is 1. The Morgan fingerprint density at radius 2 is 1.00 bits per heavy atom. The molecule has 0 unspecified atom stereocenters. The predicted octanol–water partition coefficient (Wildman–Crippen LogP) is 2.09. The molecule has 0 atom stereocenters. The molecule has 0 radical (unpaired) electrons. The van der Waals surface area contributed by atoms with Crippen molar-refractivity contribution in [3.63, 3.8) is 0 Å². The molecule has 0 rings (SSSR count). The van der Waals surface area contributed by atoms with Crippen LogP contribution in [-0.4, -0.2) is 32.7 Å². The zero-order chi connectivity index (χ0) is 7.21. The quantitative estimate of drug-likeness (QED) is 0.340. The fourth-order valence-electron chi connectivity index (χ4n) is 0. The Morgan fingerprint density at radius 3 is 1.00 bits per heavy atom. The van der Waals surface area contributed by atoms with E-state index < -0.39 is 0 Å². The van der Waals surface area contributed by atoms with Crippen molar-refractivity contribution < 1.29 is 12.6 Å². The van der Waals surface area contributed by atoms with Crippen molar-refractivity contribution in [2.75, 3.05) is 28.2 Å². The molecule has 0 aromatic heterocycles. The van der Waals surface area contributed by atoms with Crippen LogP contribution in [0.2, 0.25) is 0 Å². The van der Waals surface area contributed by atoms with Crippen molar-refractivity contribution in [1.29, 1.82) is 0 Å². The van der Waals surface area contributed by atoms with Gasteiger partial charge in [-0.3, -0.25) is 0 Å². The van der Waals surface area contributed by atoms with E-state index in [0.717, 1.165) is 4.48 Å². The summed E-state index contributed by atoms with van der Waals surface area (Å²) in [4.78, 5) is 0. The van der Waals surface area contributed by atoms with Gasteiger partial charge in [0.05, 0.1) is 28.2 Å². The van der Waals surface area contributed by atoms with Crippen LogP contribution in [0.1, 0.15) is 0 Å². The third-order valence-corrected chi connectivity index (χ3v) is 0. The zero-order valence-corrected chi connectivity index (χ0v) is 10.8. The van der Waals surface area contributed by atoms with Gasteiger partial charge in [0.2, 0.25) is 0 Å². The van der Waals surface area contributed by atoms with E-state index in [1.807, 2.05) is 0 Å². The first-order valence-corrected chi connectivity index (χ1v) is 8.40. The number of rotatable bonds is 0. The zero-order valence-electron chi connectivity index (χ0n) is 5.52. The SMILES string of the molecule is C[N+](C)(C)C.[I][Ni][I]. The normalized spacial score (nSPS) is 10.2. The Kier molecular flexibility index (Phi) is 11.0. The molecule has 56 valence electrons. The molecule has 0 N–H and O–H groups in total. The van der Waals surface area contributed by atoms with Gasteiger partial charge in [-0.1, -0.05) is 0 Å². The van der Waals surface area contributed by atoms with Gasteiger partial charge in [-0.25, -0.2) is 0 Å².